The van der Waals surface area contributed by atoms with E-state index < -0.39 is 11.7 Å². The Kier molecular flexibility index (Phi) is 5.19. The third kappa shape index (κ3) is 3.68. The lowest BCUT2D eigenvalue weighted by Crippen LogP contribution is -2.38. The largest absolute Gasteiger partial charge is 0.490 e. The van der Waals surface area contributed by atoms with Crippen LogP contribution in [0.1, 0.15) is 21.5 Å². The van der Waals surface area contributed by atoms with Crippen LogP contribution in [-0.2, 0) is 11.3 Å². The van der Waals surface area contributed by atoms with Crippen LogP contribution in [0.25, 0.3) is 0 Å². The summed E-state index contributed by atoms with van der Waals surface area (Å²) in [5.41, 5.74) is 3.25. The van der Waals surface area contributed by atoms with Gasteiger partial charge in [-0.1, -0.05) is 36.4 Å². The lowest BCUT2D eigenvalue weighted by Gasteiger charge is -2.24. The molecule has 2 aromatic carbocycles. The van der Waals surface area contributed by atoms with Crippen molar-refractivity contribution in [2.45, 2.75) is 13.5 Å². The van der Waals surface area contributed by atoms with Crippen LogP contribution in [0.5, 0.6) is 5.75 Å². The fraction of sp³-hybridized carbons (Fsp3) is 0.238. The number of amides is 1. The molecule has 3 rings (SSSR count). The highest BCUT2D eigenvalue weighted by Gasteiger charge is 2.36. The Labute approximate surface area is 153 Å². The van der Waals surface area contributed by atoms with Crippen LogP contribution < -0.4 is 9.64 Å². The van der Waals surface area contributed by atoms with Crippen LogP contribution in [0.3, 0.4) is 0 Å². The van der Waals surface area contributed by atoms with Gasteiger partial charge in [-0.25, -0.2) is 0 Å². The van der Waals surface area contributed by atoms with Gasteiger partial charge < -0.3 is 4.74 Å². The fourth-order valence-electron chi connectivity index (χ4n) is 3.00. The van der Waals surface area contributed by atoms with E-state index in [9.17, 15) is 9.59 Å². The smallest absolute Gasteiger partial charge is 0.300 e. The van der Waals surface area contributed by atoms with Crippen molar-refractivity contribution in [3.8, 4) is 5.75 Å². The summed E-state index contributed by atoms with van der Waals surface area (Å²) in [4.78, 5) is 28.1. The molecule has 1 amide bonds. The van der Waals surface area contributed by atoms with Crippen molar-refractivity contribution in [2.75, 3.05) is 25.2 Å². The maximum Gasteiger partial charge on any atom is 0.300 e. The van der Waals surface area contributed by atoms with Crippen LogP contribution in [0.4, 0.5) is 5.69 Å². The zero-order valence-electron chi connectivity index (χ0n) is 15.1. The molecule has 0 aliphatic carbocycles. The number of hydrogen-bond donors (Lipinski definition) is 0. The van der Waals surface area contributed by atoms with Crippen LogP contribution in [0.2, 0.25) is 0 Å². The van der Waals surface area contributed by atoms with Gasteiger partial charge in [0.1, 0.15) is 12.4 Å². The van der Waals surface area contributed by atoms with Gasteiger partial charge >= 0.3 is 5.91 Å². The summed E-state index contributed by atoms with van der Waals surface area (Å²) in [7, 11) is 1.92. The van der Waals surface area contributed by atoms with Gasteiger partial charge in [0.15, 0.2) is 0 Å². The third-order valence-corrected chi connectivity index (χ3v) is 4.25. The molecule has 0 aromatic heterocycles. The average Bonchev–Trinajstić information content (AvgIpc) is 2.85. The quantitative estimate of drug-likeness (QED) is 0.568. The van der Waals surface area contributed by atoms with Crippen molar-refractivity contribution in [3.05, 3.63) is 71.8 Å². The van der Waals surface area contributed by atoms with E-state index in [4.69, 9.17) is 4.74 Å². The van der Waals surface area contributed by atoms with E-state index in [0.717, 1.165) is 16.9 Å². The monoisotopic (exact) mass is 350 g/mol. The van der Waals surface area contributed by atoms with Crippen molar-refractivity contribution >= 4 is 17.4 Å². The molecule has 2 aromatic rings. The number of aryl methyl sites for hydroxylation is 1. The molecule has 0 spiro atoms. The Morgan fingerprint density at radius 3 is 2.58 bits per heavy atom. The van der Waals surface area contributed by atoms with Gasteiger partial charge in [-0.15, -0.1) is 0 Å². The van der Waals surface area contributed by atoms with Crippen LogP contribution in [0, 0.1) is 6.92 Å². The number of rotatable bonds is 7. The standard InChI is InChI=1S/C21H22N2O3/c1-4-11-26-17-8-6-16(7-9-17)13-22(3)14-23-19-10-5-15(2)12-18(19)20(24)21(23)25/h4-10,12H,1,11,13-14H2,2-3H3. The molecule has 0 saturated heterocycles. The molecular formula is C21H22N2O3. The van der Waals surface area contributed by atoms with Crippen molar-refractivity contribution < 1.29 is 14.3 Å². The Morgan fingerprint density at radius 2 is 1.88 bits per heavy atom. The second-order valence-electron chi connectivity index (χ2n) is 6.48. The maximum absolute atomic E-state index is 12.3. The number of Topliss-reactive ketones (excluding diaryl/α,β-unsaturated/α-hetero) is 1. The van der Waals surface area contributed by atoms with E-state index in [1.807, 2.05) is 55.3 Å². The molecule has 0 bridgehead atoms. The first-order valence-electron chi connectivity index (χ1n) is 8.47. The summed E-state index contributed by atoms with van der Waals surface area (Å²) in [6.45, 7) is 7.02. The molecular weight excluding hydrogens is 328 g/mol. The first-order valence-corrected chi connectivity index (χ1v) is 8.47. The van der Waals surface area contributed by atoms with Crippen LogP contribution >= 0.6 is 0 Å². The van der Waals surface area contributed by atoms with Gasteiger partial charge in [0.2, 0.25) is 0 Å². The Balaban J connectivity index is 1.67. The van der Waals surface area contributed by atoms with Crippen LogP contribution in [-0.4, -0.2) is 36.9 Å². The molecule has 5 nitrogen and oxygen atoms in total. The highest BCUT2D eigenvalue weighted by atomic mass is 16.5. The number of ether oxygens (including phenoxy) is 1. The number of anilines is 1. The SMILES string of the molecule is C=CCOc1ccc(CN(C)CN2C(=O)C(=O)c3cc(C)ccc32)cc1. The molecule has 1 aliphatic heterocycles. The maximum atomic E-state index is 12.3. The molecule has 1 heterocycles. The summed E-state index contributed by atoms with van der Waals surface area (Å²) in [5, 5.41) is 0. The number of fused-ring (bicyclic) bond motifs is 1. The summed E-state index contributed by atoms with van der Waals surface area (Å²) in [6, 6.07) is 13.3. The van der Waals surface area contributed by atoms with Gasteiger partial charge in [-0.2, -0.15) is 0 Å². The zero-order chi connectivity index (χ0) is 18.7. The van der Waals surface area contributed by atoms with Gasteiger partial charge in [0.25, 0.3) is 5.78 Å². The molecule has 134 valence electrons. The second kappa shape index (κ2) is 7.54. The van der Waals surface area contributed by atoms with E-state index in [1.54, 1.807) is 17.0 Å². The first-order chi connectivity index (χ1) is 12.5. The molecule has 26 heavy (non-hydrogen) atoms. The highest BCUT2D eigenvalue weighted by molar-refractivity contribution is 6.52. The number of benzene rings is 2. The van der Waals surface area contributed by atoms with Crippen molar-refractivity contribution in [1.82, 2.24) is 4.90 Å². The molecule has 0 saturated carbocycles. The van der Waals surface area contributed by atoms with Gasteiger partial charge in [-0.05, 0) is 43.8 Å². The van der Waals surface area contributed by atoms with Crippen molar-refractivity contribution in [3.63, 3.8) is 0 Å². The topological polar surface area (TPSA) is 49.9 Å². The van der Waals surface area contributed by atoms with Crippen molar-refractivity contribution in [1.29, 1.82) is 0 Å². The number of carbonyl (C=O) groups excluding carboxylic acids is 2. The Hall–Kier alpha value is -2.92. The summed E-state index contributed by atoms with van der Waals surface area (Å²) < 4.78 is 5.48. The van der Waals surface area contributed by atoms with E-state index >= 15 is 0 Å². The lowest BCUT2D eigenvalue weighted by molar-refractivity contribution is -0.114. The molecule has 5 heteroatoms. The first kappa shape index (κ1) is 17.9. The van der Waals surface area contributed by atoms with Gasteiger partial charge in [-0.3, -0.25) is 19.4 Å². The van der Waals surface area contributed by atoms with E-state index in [1.165, 1.54) is 0 Å². The van der Waals surface area contributed by atoms with Gasteiger partial charge in [0.05, 0.1) is 17.9 Å². The average molecular weight is 350 g/mol. The summed E-state index contributed by atoms with van der Waals surface area (Å²) >= 11 is 0. The Morgan fingerprint density at radius 1 is 1.15 bits per heavy atom. The minimum absolute atomic E-state index is 0.356. The van der Waals surface area contributed by atoms with Gasteiger partial charge in [0, 0.05) is 6.54 Å². The number of ketones is 1. The normalized spacial score (nSPS) is 13.3. The van der Waals surface area contributed by atoms with E-state index in [-0.39, 0.29) is 0 Å². The Bertz CT molecular complexity index is 843. The predicted molar refractivity (Wildman–Crippen MR) is 101 cm³/mol. The molecule has 0 unspecified atom stereocenters. The van der Waals surface area contributed by atoms with E-state index in [2.05, 4.69) is 6.58 Å². The third-order valence-electron chi connectivity index (χ3n) is 4.25. The number of nitrogens with zero attached hydrogens (tertiary/aromatic N) is 2. The minimum Gasteiger partial charge on any atom is -0.490 e. The zero-order valence-corrected chi connectivity index (χ0v) is 15.1. The highest BCUT2D eigenvalue weighted by Crippen LogP contribution is 2.29. The lowest BCUT2D eigenvalue weighted by atomic mass is 10.1. The van der Waals surface area contributed by atoms with Crippen molar-refractivity contribution in [2.24, 2.45) is 0 Å². The molecule has 0 radical (unpaired) electrons. The molecule has 0 N–H and O–H groups in total. The fourth-order valence-corrected chi connectivity index (χ4v) is 3.00. The molecule has 1 aliphatic rings. The van der Waals surface area contributed by atoms with Crippen LogP contribution in [0.15, 0.2) is 55.1 Å². The second-order valence-corrected chi connectivity index (χ2v) is 6.48. The predicted octanol–water partition coefficient (Wildman–Crippen LogP) is 3.18. The summed E-state index contributed by atoms with van der Waals surface area (Å²) in [5.74, 6) is -0.104. The van der Waals surface area contributed by atoms with E-state index in [0.29, 0.717) is 31.1 Å². The minimum atomic E-state index is -0.467. The molecule has 0 atom stereocenters. The summed E-state index contributed by atoms with van der Waals surface area (Å²) in [6.07, 6.45) is 1.70. The number of hydrogen-bond acceptors (Lipinski definition) is 4. The molecule has 0 fully saturated rings. The number of carbonyl (C=O) groups is 2.